The Morgan fingerprint density at radius 2 is 0.973 bits per heavy atom. The smallest absolute Gasteiger partial charge is 0.146 e. The Labute approximate surface area is 228 Å². The van der Waals surface area contributed by atoms with Gasteiger partial charge in [0.2, 0.25) is 0 Å². The summed E-state index contributed by atoms with van der Waals surface area (Å²) in [5.41, 5.74) is 17.7. The van der Waals surface area contributed by atoms with Crippen LogP contribution in [0, 0.1) is 35.1 Å². The molecular weight excluding hydrogens is 462 g/mol. The summed E-state index contributed by atoms with van der Waals surface area (Å²) >= 11 is 0. The van der Waals surface area contributed by atoms with E-state index in [1.54, 1.807) is 0 Å². The van der Waals surface area contributed by atoms with E-state index in [0.29, 0.717) is 16.6 Å². The first-order chi connectivity index (χ1) is 17.6. The fourth-order valence-electron chi connectivity index (χ4n) is 5.19. The number of benzene rings is 2. The highest BCUT2D eigenvalue weighted by Crippen LogP contribution is 2.40. The van der Waals surface area contributed by atoms with Crippen molar-refractivity contribution in [3.05, 3.63) is 76.4 Å². The third kappa shape index (κ3) is 8.46. The van der Waals surface area contributed by atoms with Gasteiger partial charge in [0.15, 0.2) is 0 Å². The molecule has 0 atom stereocenters. The topological polar surface area (TPSA) is 26.0 Å². The summed E-state index contributed by atoms with van der Waals surface area (Å²) in [4.78, 5) is 0. The van der Waals surface area contributed by atoms with Crippen molar-refractivity contribution in [1.29, 1.82) is 0 Å². The van der Waals surface area contributed by atoms with Gasteiger partial charge in [0, 0.05) is 33.5 Å². The maximum atomic E-state index is 5.81. The van der Waals surface area contributed by atoms with E-state index < -0.39 is 8.07 Å². The zero-order chi connectivity index (χ0) is 27.4. The number of nitrogens with two attached hydrogens (primary N) is 1. The lowest BCUT2D eigenvalue weighted by molar-refractivity contribution is 0.838. The standard InChI is InChI=1S/C35H45NSi/c1-9-11-33(34(12-10-2)22-18-31-19-23-35(36)24-20-31)21-17-30-13-15-32(16-14-30)25-26-37(27(3)4,28(5)6)29(7)8/h13-16,19-20,23-24,27-29H,9-12,36H2,1-8H3/b34-33+. The van der Waals surface area contributed by atoms with E-state index in [-0.39, 0.29) is 0 Å². The van der Waals surface area contributed by atoms with E-state index in [1.807, 2.05) is 24.3 Å². The third-order valence-corrected chi connectivity index (χ3v) is 13.5. The highest BCUT2D eigenvalue weighted by Gasteiger charge is 2.41. The van der Waals surface area contributed by atoms with Crippen LogP contribution in [0.2, 0.25) is 16.6 Å². The molecule has 0 unspecified atom stereocenters. The molecule has 0 aliphatic rings. The predicted octanol–water partition coefficient (Wildman–Crippen LogP) is 9.14. The van der Waals surface area contributed by atoms with Gasteiger partial charge in [-0.2, -0.15) is 0 Å². The van der Waals surface area contributed by atoms with Crippen molar-refractivity contribution >= 4 is 13.8 Å². The molecule has 0 fully saturated rings. The summed E-state index contributed by atoms with van der Waals surface area (Å²) in [6.07, 6.45) is 3.97. The summed E-state index contributed by atoms with van der Waals surface area (Å²) in [7, 11) is -1.73. The van der Waals surface area contributed by atoms with Gasteiger partial charge in [0.25, 0.3) is 0 Å². The summed E-state index contributed by atoms with van der Waals surface area (Å²) in [6, 6.07) is 16.2. The second kappa shape index (κ2) is 14.6. The molecule has 0 bridgehead atoms. The number of allylic oxidation sites excluding steroid dienone is 2. The fraction of sp³-hybridized carbons (Fsp3) is 0.429. The molecule has 2 heteroatoms. The minimum absolute atomic E-state index is 0.634. The Balaban J connectivity index is 2.37. The molecule has 0 aliphatic heterocycles. The normalized spacial score (nSPS) is 11.8. The van der Waals surface area contributed by atoms with Crippen LogP contribution in [0.3, 0.4) is 0 Å². The zero-order valence-corrected chi connectivity index (χ0v) is 25.3. The number of rotatable bonds is 7. The van der Waals surface area contributed by atoms with E-state index in [1.165, 1.54) is 0 Å². The largest absolute Gasteiger partial charge is 0.399 e. The van der Waals surface area contributed by atoms with Crippen LogP contribution in [-0.2, 0) is 0 Å². The van der Waals surface area contributed by atoms with Gasteiger partial charge >= 0.3 is 0 Å². The molecule has 0 aliphatic carbocycles. The average molecular weight is 508 g/mol. The Bertz CT molecular complexity index is 1200. The van der Waals surface area contributed by atoms with Crippen molar-refractivity contribution in [2.45, 2.75) is 97.7 Å². The van der Waals surface area contributed by atoms with Crippen molar-refractivity contribution < 1.29 is 0 Å². The van der Waals surface area contributed by atoms with E-state index in [4.69, 9.17) is 5.73 Å². The Morgan fingerprint density at radius 3 is 1.32 bits per heavy atom. The third-order valence-electron chi connectivity index (χ3n) is 7.16. The molecule has 2 aromatic rings. The van der Waals surface area contributed by atoms with Crippen LogP contribution in [0.25, 0.3) is 0 Å². The SMILES string of the molecule is CCC/C(C#Cc1ccc(N)cc1)=C(\C#Cc1ccc(C#C[Si](C(C)C)(C(C)C)C(C)C)cc1)CCC. The molecule has 2 aromatic carbocycles. The minimum Gasteiger partial charge on any atom is -0.399 e. The van der Waals surface area contributed by atoms with E-state index >= 15 is 0 Å². The van der Waals surface area contributed by atoms with Gasteiger partial charge in [-0.3, -0.25) is 0 Å². The van der Waals surface area contributed by atoms with Gasteiger partial charge in [0.1, 0.15) is 8.07 Å². The van der Waals surface area contributed by atoms with Crippen LogP contribution in [0.15, 0.2) is 59.7 Å². The molecule has 194 valence electrons. The van der Waals surface area contributed by atoms with Crippen molar-refractivity contribution in [1.82, 2.24) is 0 Å². The van der Waals surface area contributed by atoms with Crippen LogP contribution in [-0.4, -0.2) is 8.07 Å². The highest BCUT2D eigenvalue weighted by molar-refractivity contribution is 6.90. The van der Waals surface area contributed by atoms with Gasteiger partial charge in [-0.05, 0) is 78.0 Å². The monoisotopic (exact) mass is 507 g/mol. The Morgan fingerprint density at radius 1 is 0.622 bits per heavy atom. The number of nitrogen functional groups attached to an aromatic ring is 1. The second-order valence-corrected chi connectivity index (χ2v) is 16.4. The van der Waals surface area contributed by atoms with Gasteiger partial charge < -0.3 is 5.73 Å². The fourth-order valence-corrected chi connectivity index (χ4v) is 10.4. The lowest BCUT2D eigenvalue weighted by Gasteiger charge is -2.38. The number of hydrogen-bond donors (Lipinski definition) is 1. The van der Waals surface area contributed by atoms with Gasteiger partial charge in [-0.1, -0.05) is 97.8 Å². The maximum absolute atomic E-state index is 5.81. The molecule has 2 rings (SSSR count). The minimum atomic E-state index is -1.73. The summed E-state index contributed by atoms with van der Waals surface area (Å²) in [5, 5.41) is 0. The summed E-state index contributed by atoms with van der Waals surface area (Å²) < 4.78 is 0. The van der Waals surface area contributed by atoms with Crippen LogP contribution in [0.5, 0.6) is 0 Å². The van der Waals surface area contributed by atoms with Gasteiger partial charge in [-0.15, -0.1) is 5.54 Å². The molecule has 0 radical (unpaired) electrons. The van der Waals surface area contributed by atoms with Crippen LogP contribution < -0.4 is 5.73 Å². The van der Waals surface area contributed by atoms with Crippen LogP contribution in [0.4, 0.5) is 5.69 Å². The second-order valence-electron chi connectivity index (χ2n) is 10.8. The van der Waals surface area contributed by atoms with E-state index in [9.17, 15) is 0 Å². The molecule has 2 N–H and O–H groups in total. The lowest BCUT2D eigenvalue weighted by Crippen LogP contribution is -2.43. The molecule has 1 nitrogen and oxygen atoms in total. The molecular formula is C35H45NSi. The van der Waals surface area contributed by atoms with Crippen molar-refractivity contribution in [2.75, 3.05) is 5.73 Å². The average Bonchev–Trinajstić information content (AvgIpc) is 2.86. The van der Waals surface area contributed by atoms with Crippen molar-refractivity contribution in [3.8, 4) is 35.1 Å². The van der Waals surface area contributed by atoms with Gasteiger partial charge in [-0.25, -0.2) is 0 Å². The first kappa shape index (κ1) is 30.1. The van der Waals surface area contributed by atoms with Crippen molar-refractivity contribution in [2.24, 2.45) is 0 Å². The van der Waals surface area contributed by atoms with Crippen LogP contribution in [0.1, 0.15) is 97.8 Å². The molecule has 0 amide bonds. The molecule has 0 aromatic heterocycles. The van der Waals surface area contributed by atoms with Crippen LogP contribution >= 0.6 is 0 Å². The zero-order valence-electron chi connectivity index (χ0n) is 24.3. The van der Waals surface area contributed by atoms with Crippen molar-refractivity contribution in [3.63, 3.8) is 0 Å². The quantitative estimate of drug-likeness (QED) is 0.226. The summed E-state index contributed by atoms with van der Waals surface area (Å²) in [5.74, 6) is 17.1. The summed E-state index contributed by atoms with van der Waals surface area (Å²) in [6.45, 7) is 18.5. The number of anilines is 1. The molecule has 0 spiro atoms. The first-order valence-corrected chi connectivity index (χ1v) is 16.1. The lowest BCUT2D eigenvalue weighted by atomic mass is 9.99. The molecule has 37 heavy (non-hydrogen) atoms. The van der Waals surface area contributed by atoms with E-state index in [0.717, 1.165) is 59.2 Å². The number of hydrogen-bond acceptors (Lipinski definition) is 1. The molecule has 0 saturated carbocycles. The van der Waals surface area contributed by atoms with E-state index in [2.05, 4.69) is 115 Å². The molecule has 0 heterocycles. The maximum Gasteiger partial charge on any atom is 0.146 e. The molecule has 0 saturated heterocycles. The Kier molecular flexibility index (Phi) is 11.9. The first-order valence-electron chi connectivity index (χ1n) is 13.9. The Hall–Kier alpha value is -3.12. The van der Waals surface area contributed by atoms with Gasteiger partial charge in [0.05, 0.1) is 0 Å². The predicted molar refractivity (Wildman–Crippen MR) is 166 cm³/mol. The highest BCUT2D eigenvalue weighted by atomic mass is 28.3.